The molecule has 5 aromatic carbocycles. The van der Waals surface area contributed by atoms with Gasteiger partial charge in [-0.25, -0.2) is 33.9 Å². The van der Waals surface area contributed by atoms with Gasteiger partial charge in [0, 0.05) is 123 Å². The highest BCUT2D eigenvalue weighted by atomic mass is 16.7. The molecule has 3 saturated heterocycles. The maximum absolute atomic E-state index is 14.7. The largest absolute Gasteiger partial charge is 0.482 e. The van der Waals surface area contributed by atoms with Crippen molar-refractivity contribution in [3.63, 3.8) is 0 Å². The van der Waals surface area contributed by atoms with Crippen LogP contribution in [0, 0.1) is 0 Å². The quantitative estimate of drug-likeness (QED) is 0.0304. The standard InChI is InChI=1S/C85H103N11O22/c1-51(97)112-71-72(113-52(2)98)74(114-53(3)99)77(116-73(71)76(102)108-12)115-67-31-26-54(44-66(67)87-68(100)32-37-86-79(103)109-48-64-61-24-18-16-22-59(61)60-23-17-19-25-62(60)64)47-110-81(105)91(8)42-43-92(9)82(106)111-49-85(117-58-28-29-58,55-20-14-13-15-21-55)75-63-45-57(96-50-93(10)69(101)46-70(96)107-11)27-30-65(63)88-78(89-75)95-38-33-56(34-39-95)94-40-35-84(7,36-41-94)90-80(104)118-83(4,5)6/h13-27,30-31,44-46,56,58,64,71-74,77H,28-29,32-43,47-50H2,1-12H3,(H,86,103)(H,87,100)(H,90,104)/t71-,72-,73-,74+,77+,85?/m0/s1. The lowest BCUT2D eigenvalue weighted by molar-refractivity contribution is -0.282. The lowest BCUT2D eigenvalue weighted by Gasteiger charge is -2.45. The van der Waals surface area contributed by atoms with Gasteiger partial charge in [-0.15, -0.1) is 0 Å². The van der Waals surface area contributed by atoms with Crippen LogP contribution < -0.4 is 30.5 Å². The Bertz CT molecular complexity index is 4690. The zero-order chi connectivity index (χ0) is 84.3. The monoisotopic (exact) mass is 1630 g/mol. The molecule has 0 bridgehead atoms. The average molecular weight is 1630 g/mol. The average Bonchev–Trinajstić information content (AvgIpc) is 1.22. The van der Waals surface area contributed by atoms with Crippen molar-refractivity contribution in [3.8, 4) is 16.9 Å². The normalized spacial score (nSPS) is 19.8. The number of likely N-dealkylation sites (tertiary alicyclic amines) is 1. The van der Waals surface area contributed by atoms with E-state index in [1.807, 2.05) is 123 Å². The molecular formula is C85H103N11O22. The van der Waals surface area contributed by atoms with Crippen molar-refractivity contribution in [2.45, 2.75) is 166 Å². The zero-order valence-electron chi connectivity index (χ0n) is 68.5. The van der Waals surface area contributed by atoms with Gasteiger partial charge < -0.3 is 97.3 Å². The number of hydrogen-bond donors (Lipinski definition) is 3. The number of carbonyl (C=O) groups excluding carboxylic acids is 10. The molecule has 0 spiro atoms. The molecule has 1 unspecified atom stereocenters. The van der Waals surface area contributed by atoms with Crippen LogP contribution in [0.4, 0.5) is 36.5 Å². The van der Waals surface area contributed by atoms with E-state index in [0.29, 0.717) is 52.8 Å². The molecule has 33 heteroatoms. The van der Waals surface area contributed by atoms with Gasteiger partial charge in [0.05, 0.1) is 43.3 Å². The highest BCUT2D eigenvalue weighted by Gasteiger charge is 2.56. The minimum Gasteiger partial charge on any atom is -0.482 e. The van der Waals surface area contributed by atoms with Crippen molar-refractivity contribution in [1.82, 2.24) is 40.2 Å². The van der Waals surface area contributed by atoms with Crippen LogP contribution in [0.3, 0.4) is 0 Å². The Morgan fingerprint density at radius 1 is 0.695 bits per heavy atom. The zero-order valence-corrected chi connectivity index (χ0v) is 68.5. The highest BCUT2D eigenvalue weighted by molar-refractivity contribution is 5.94. The molecule has 4 fully saturated rings. The Balaban J connectivity index is 0.747. The fraction of sp³-hybridized carbons (Fsp3) is 0.482. The number of amides is 6. The number of nitrogens with one attached hydrogen (secondary N) is 3. The molecule has 1 aromatic heterocycles. The first-order valence-electron chi connectivity index (χ1n) is 39.4. The van der Waals surface area contributed by atoms with Gasteiger partial charge in [0.1, 0.15) is 37.8 Å². The topological polar surface area (TPSA) is 363 Å². The van der Waals surface area contributed by atoms with Crippen molar-refractivity contribution < 1.29 is 105 Å². The van der Waals surface area contributed by atoms with E-state index in [4.69, 9.17) is 66.8 Å². The number of benzene rings is 5. The maximum atomic E-state index is 14.7. The Hall–Kier alpha value is -11.8. The second-order valence-corrected chi connectivity index (χ2v) is 31.4. The van der Waals surface area contributed by atoms with Gasteiger partial charge in [0.25, 0.3) is 5.91 Å². The number of esters is 4. The first-order chi connectivity index (χ1) is 56.4. The summed E-state index contributed by atoms with van der Waals surface area (Å²) in [5, 5.41) is 9.09. The maximum Gasteiger partial charge on any atom is 0.409 e. The smallest absolute Gasteiger partial charge is 0.409 e. The molecule has 6 amide bonds. The lowest BCUT2D eigenvalue weighted by Crippen LogP contribution is -2.64. The molecule has 2 aliphatic carbocycles. The van der Waals surface area contributed by atoms with Gasteiger partial charge in [-0.05, 0) is 130 Å². The van der Waals surface area contributed by atoms with E-state index in [-0.39, 0.29) is 86.9 Å². The molecule has 3 N–H and O–H groups in total. The number of ether oxygens (including phenoxy) is 12. The molecular weight excluding hydrogens is 1530 g/mol. The summed E-state index contributed by atoms with van der Waals surface area (Å²) >= 11 is 0. The summed E-state index contributed by atoms with van der Waals surface area (Å²) in [6.07, 6.45) is -6.17. The summed E-state index contributed by atoms with van der Waals surface area (Å²) in [6.45, 7) is 12.7. The molecule has 12 rings (SSSR count). The molecule has 5 heterocycles. The van der Waals surface area contributed by atoms with Crippen LogP contribution in [0.25, 0.3) is 22.0 Å². The molecule has 33 nitrogen and oxygen atoms in total. The number of fused-ring (bicyclic) bond motifs is 4. The summed E-state index contributed by atoms with van der Waals surface area (Å²) in [6, 6.07) is 35.4. The first kappa shape index (κ1) is 85.5. The summed E-state index contributed by atoms with van der Waals surface area (Å²) in [4.78, 5) is 154. The molecule has 1 saturated carbocycles. The van der Waals surface area contributed by atoms with Gasteiger partial charge in [-0.2, -0.15) is 0 Å². The van der Waals surface area contributed by atoms with Crippen molar-refractivity contribution in [2.24, 2.45) is 0 Å². The number of likely N-dealkylation sites (N-methyl/N-ethyl adjacent to an activating group) is 3. The van der Waals surface area contributed by atoms with E-state index < -0.39 is 108 Å². The van der Waals surface area contributed by atoms with Gasteiger partial charge in [-0.3, -0.25) is 28.9 Å². The summed E-state index contributed by atoms with van der Waals surface area (Å²) < 4.78 is 70.5. The number of anilines is 3. The third-order valence-electron chi connectivity index (χ3n) is 21.4. The molecule has 6 aromatic rings. The number of carbonyl (C=O) groups is 10. The predicted molar refractivity (Wildman–Crippen MR) is 427 cm³/mol. The first-order valence-corrected chi connectivity index (χ1v) is 39.4. The number of aromatic nitrogens is 2. The van der Waals surface area contributed by atoms with Crippen LogP contribution in [-0.4, -0.2) is 245 Å². The number of hydrogen-bond acceptors (Lipinski definition) is 27. The fourth-order valence-electron chi connectivity index (χ4n) is 15.2. The Morgan fingerprint density at radius 3 is 1.95 bits per heavy atom. The van der Waals surface area contributed by atoms with Gasteiger partial charge in [-0.1, -0.05) is 84.9 Å². The summed E-state index contributed by atoms with van der Waals surface area (Å²) in [5.74, 6) is -4.40. The second-order valence-electron chi connectivity index (χ2n) is 31.4. The molecule has 0 radical (unpaired) electrons. The molecule has 630 valence electrons. The van der Waals surface area contributed by atoms with Gasteiger partial charge in [0.2, 0.25) is 30.1 Å². The van der Waals surface area contributed by atoms with Crippen LogP contribution >= 0.6 is 0 Å². The molecule has 6 atom stereocenters. The fourth-order valence-corrected chi connectivity index (χ4v) is 15.2. The van der Waals surface area contributed by atoms with E-state index in [0.717, 1.165) is 102 Å². The van der Waals surface area contributed by atoms with Crippen LogP contribution in [0.5, 0.6) is 5.75 Å². The van der Waals surface area contributed by atoms with Crippen molar-refractivity contribution in [3.05, 3.63) is 155 Å². The van der Waals surface area contributed by atoms with Crippen LogP contribution in [0.15, 0.2) is 127 Å². The van der Waals surface area contributed by atoms with E-state index >= 15 is 0 Å². The van der Waals surface area contributed by atoms with Gasteiger partial charge >= 0.3 is 48.3 Å². The third kappa shape index (κ3) is 20.7. The minimum atomic E-state index is -1.85. The lowest BCUT2D eigenvalue weighted by atomic mass is 9.87. The molecule has 6 aliphatic rings. The van der Waals surface area contributed by atoms with E-state index in [2.05, 4.69) is 32.7 Å². The van der Waals surface area contributed by atoms with Crippen LogP contribution in [0.2, 0.25) is 0 Å². The number of nitrogens with zero attached hydrogens (tertiary/aromatic N) is 8. The van der Waals surface area contributed by atoms with Crippen molar-refractivity contribution in [1.29, 1.82) is 0 Å². The van der Waals surface area contributed by atoms with Crippen molar-refractivity contribution >= 4 is 88.3 Å². The van der Waals surface area contributed by atoms with Crippen molar-refractivity contribution in [2.75, 3.05) is 116 Å². The van der Waals surface area contributed by atoms with E-state index in [9.17, 15) is 47.9 Å². The van der Waals surface area contributed by atoms with Crippen LogP contribution in [0.1, 0.15) is 127 Å². The third-order valence-corrected chi connectivity index (χ3v) is 21.4. The number of alkyl carbamates (subject to hydrolysis) is 2. The Kier molecular flexibility index (Phi) is 27.0. The Labute approximate surface area is 684 Å². The number of rotatable bonds is 28. The number of piperidine rings is 2. The predicted octanol–water partition coefficient (Wildman–Crippen LogP) is 9.40. The van der Waals surface area contributed by atoms with E-state index in [1.54, 1.807) is 11.9 Å². The number of methoxy groups -OCH3 is 2. The SMILES string of the molecule is COC(=O)[C@H]1O[C@@H](Oc2ccc(COC(=O)N(C)CCN(C)C(=O)OCC(OC3CC3)(c3ccccc3)c3nc(N4CCC(N5CCC(C)(NC(=O)OC(C)(C)C)CC5)CC4)nc4ccc(N5CN(C)C(=O)C=C5OC)cc34)cc2NC(=O)CCNC(=O)OCC2c3ccccc3-c3ccccc32)[C@H](OC(C)=O)[C@@H](OC(C)=O)[C@@H]1OC(C)=O. The van der Waals surface area contributed by atoms with Gasteiger partial charge in [0.15, 0.2) is 23.9 Å². The minimum absolute atomic E-state index is 0.0193. The highest BCUT2D eigenvalue weighted by Crippen LogP contribution is 2.47. The Morgan fingerprint density at radius 2 is 1.32 bits per heavy atom. The summed E-state index contributed by atoms with van der Waals surface area (Å²) in [5.41, 5.74) is 4.04. The summed E-state index contributed by atoms with van der Waals surface area (Å²) in [7, 11) is 7.23. The molecule has 4 aliphatic heterocycles. The van der Waals surface area contributed by atoms with E-state index in [1.165, 1.54) is 55.3 Å². The van der Waals surface area contributed by atoms with Crippen LogP contribution in [-0.2, 0) is 93.1 Å². The molecule has 118 heavy (non-hydrogen) atoms. The second kappa shape index (κ2) is 37.2.